The first kappa shape index (κ1) is 9.85. The molecule has 0 spiro atoms. The minimum Gasteiger partial charge on any atom is -0.333 e. The predicted molar refractivity (Wildman–Crippen MR) is 65.4 cm³/mol. The Morgan fingerprint density at radius 3 is 3.25 bits per heavy atom. The van der Waals surface area contributed by atoms with Gasteiger partial charge in [-0.3, -0.25) is 0 Å². The average Bonchev–Trinajstić information content (AvgIpc) is 2.90. The second-order valence-electron chi connectivity index (χ2n) is 4.67. The van der Waals surface area contributed by atoms with E-state index in [-0.39, 0.29) is 0 Å². The van der Waals surface area contributed by atoms with Crippen LogP contribution in [0.15, 0.2) is 24.4 Å². The van der Waals surface area contributed by atoms with Crippen molar-refractivity contribution in [2.75, 3.05) is 13.1 Å². The zero-order chi connectivity index (χ0) is 11.0. The molecule has 2 aromatic heterocycles. The fraction of sp³-hybridized carbons (Fsp3) is 0.462. The van der Waals surface area contributed by atoms with Gasteiger partial charge in [0.2, 0.25) is 0 Å². The highest BCUT2D eigenvalue weighted by Crippen LogP contribution is 2.21. The molecule has 3 heterocycles. The molecule has 0 aliphatic carbocycles. The number of rotatable bonds is 2. The fourth-order valence-corrected chi connectivity index (χ4v) is 2.59. The Morgan fingerprint density at radius 1 is 1.56 bits per heavy atom. The molecule has 3 nitrogen and oxygen atoms in total. The summed E-state index contributed by atoms with van der Waals surface area (Å²) in [5, 5.41) is 4.68. The summed E-state index contributed by atoms with van der Waals surface area (Å²) in [4.78, 5) is 4.42. The quantitative estimate of drug-likeness (QED) is 0.826. The summed E-state index contributed by atoms with van der Waals surface area (Å²) in [7, 11) is 2.12. The molecule has 0 aromatic carbocycles. The van der Waals surface area contributed by atoms with E-state index >= 15 is 0 Å². The van der Waals surface area contributed by atoms with Crippen molar-refractivity contribution in [3.8, 4) is 0 Å². The molecule has 1 unspecified atom stereocenters. The molecule has 2 aromatic rings. The van der Waals surface area contributed by atoms with Crippen LogP contribution in [0.2, 0.25) is 0 Å². The van der Waals surface area contributed by atoms with E-state index < -0.39 is 0 Å². The lowest BCUT2D eigenvalue weighted by Crippen LogP contribution is -2.12. The largest absolute Gasteiger partial charge is 0.333 e. The monoisotopic (exact) mass is 215 g/mol. The molecule has 0 saturated carbocycles. The maximum Gasteiger partial charge on any atom is 0.139 e. The molecule has 3 heteroatoms. The number of aromatic nitrogens is 2. The SMILES string of the molecule is Cn1c(CC2CCNC2)cc2cccnc21. The van der Waals surface area contributed by atoms with Gasteiger partial charge in [0.1, 0.15) is 5.65 Å². The van der Waals surface area contributed by atoms with Gasteiger partial charge in [-0.2, -0.15) is 0 Å². The second kappa shape index (κ2) is 3.91. The molecule has 1 N–H and O–H groups in total. The number of hydrogen-bond donors (Lipinski definition) is 1. The van der Waals surface area contributed by atoms with E-state index in [1.54, 1.807) is 0 Å². The van der Waals surface area contributed by atoms with E-state index in [4.69, 9.17) is 0 Å². The summed E-state index contributed by atoms with van der Waals surface area (Å²) in [6, 6.07) is 6.42. The Morgan fingerprint density at radius 2 is 2.50 bits per heavy atom. The van der Waals surface area contributed by atoms with Gasteiger partial charge in [0.05, 0.1) is 0 Å². The Kier molecular flexibility index (Phi) is 2.40. The van der Waals surface area contributed by atoms with Gasteiger partial charge in [0, 0.05) is 24.3 Å². The van der Waals surface area contributed by atoms with Crippen molar-refractivity contribution in [3.05, 3.63) is 30.1 Å². The molecular weight excluding hydrogens is 198 g/mol. The minimum absolute atomic E-state index is 0.794. The van der Waals surface area contributed by atoms with Crippen molar-refractivity contribution < 1.29 is 0 Å². The average molecular weight is 215 g/mol. The Balaban J connectivity index is 1.94. The second-order valence-corrected chi connectivity index (χ2v) is 4.67. The molecule has 1 fully saturated rings. The van der Waals surface area contributed by atoms with Crippen molar-refractivity contribution >= 4 is 11.0 Å². The van der Waals surface area contributed by atoms with Crippen LogP contribution in [0.1, 0.15) is 12.1 Å². The molecule has 16 heavy (non-hydrogen) atoms. The van der Waals surface area contributed by atoms with Crippen molar-refractivity contribution in [2.45, 2.75) is 12.8 Å². The molecule has 84 valence electrons. The summed E-state index contributed by atoms with van der Waals surface area (Å²) in [6.45, 7) is 2.34. The molecule has 1 aliphatic heterocycles. The van der Waals surface area contributed by atoms with Crippen molar-refractivity contribution in [3.63, 3.8) is 0 Å². The summed E-state index contributed by atoms with van der Waals surface area (Å²) in [5.74, 6) is 0.794. The van der Waals surface area contributed by atoms with Gasteiger partial charge >= 0.3 is 0 Å². The van der Waals surface area contributed by atoms with Gasteiger partial charge in [0.15, 0.2) is 0 Å². The normalized spacial score (nSPS) is 20.7. The van der Waals surface area contributed by atoms with Crippen LogP contribution in [0.3, 0.4) is 0 Å². The third-order valence-corrected chi connectivity index (χ3v) is 3.55. The number of nitrogens with zero attached hydrogens (tertiary/aromatic N) is 2. The number of nitrogens with one attached hydrogen (secondary N) is 1. The van der Waals surface area contributed by atoms with Gasteiger partial charge in [0.25, 0.3) is 0 Å². The third kappa shape index (κ3) is 1.61. The number of pyridine rings is 1. The molecule has 0 radical (unpaired) electrons. The zero-order valence-electron chi connectivity index (χ0n) is 9.61. The third-order valence-electron chi connectivity index (χ3n) is 3.55. The smallest absolute Gasteiger partial charge is 0.139 e. The molecular formula is C13H17N3. The van der Waals surface area contributed by atoms with Crippen LogP contribution in [0, 0.1) is 5.92 Å². The first-order valence-electron chi connectivity index (χ1n) is 5.94. The van der Waals surface area contributed by atoms with Crippen LogP contribution in [0.4, 0.5) is 0 Å². The Labute approximate surface area is 95.5 Å². The molecule has 1 saturated heterocycles. The van der Waals surface area contributed by atoms with Gasteiger partial charge in [-0.05, 0) is 50.0 Å². The lowest BCUT2D eigenvalue weighted by atomic mass is 10.0. The topological polar surface area (TPSA) is 29.9 Å². The predicted octanol–water partition coefficient (Wildman–Crippen LogP) is 1.73. The van der Waals surface area contributed by atoms with E-state index in [1.807, 2.05) is 12.3 Å². The highest BCUT2D eigenvalue weighted by molar-refractivity contribution is 5.77. The lowest BCUT2D eigenvalue weighted by molar-refractivity contribution is 0.561. The molecule has 0 bridgehead atoms. The summed E-state index contributed by atoms with van der Waals surface area (Å²) in [5.41, 5.74) is 2.51. The lowest BCUT2D eigenvalue weighted by Gasteiger charge is -2.08. The first-order chi connectivity index (χ1) is 7.84. The van der Waals surface area contributed by atoms with Crippen molar-refractivity contribution in [1.82, 2.24) is 14.9 Å². The number of fused-ring (bicyclic) bond motifs is 1. The maximum absolute atomic E-state index is 4.42. The van der Waals surface area contributed by atoms with E-state index in [0.29, 0.717) is 0 Å². The summed E-state index contributed by atoms with van der Waals surface area (Å²) < 4.78 is 2.23. The summed E-state index contributed by atoms with van der Waals surface area (Å²) >= 11 is 0. The Bertz CT molecular complexity index is 495. The van der Waals surface area contributed by atoms with Crippen LogP contribution in [0.25, 0.3) is 11.0 Å². The highest BCUT2D eigenvalue weighted by Gasteiger charge is 2.17. The van der Waals surface area contributed by atoms with Crippen LogP contribution in [-0.2, 0) is 13.5 Å². The maximum atomic E-state index is 4.42. The van der Waals surface area contributed by atoms with Crippen LogP contribution >= 0.6 is 0 Å². The van der Waals surface area contributed by atoms with E-state index in [9.17, 15) is 0 Å². The van der Waals surface area contributed by atoms with E-state index in [1.165, 1.54) is 30.5 Å². The fourth-order valence-electron chi connectivity index (χ4n) is 2.59. The van der Waals surface area contributed by atoms with Crippen LogP contribution < -0.4 is 5.32 Å². The standard InChI is InChI=1S/C13H17N3/c1-16-12(7-10-4-6-14-9-10)8-11-3-2-5-15-13(11)16/h2-3,5,8,10,14H,4,6-7,9H2,1H3. The van der Waals surface area contributed by atoms with Gasteiger partial charge in [-0.1, -0.05) is 0 Å². The molecule has 1 aliphatic rings. The summed E-state index contributed by atoms with van der Waals surface area (Å²) in [6.07, 6.45) is 4.33. The van der Waals surface area contributed by atoms with Crippen LogP contribution in [0.5, 0.6) is 0 Å². The molecule has 1 atom stereocenters. The van der Waals surface area contributed by atoms with Gasteiger partial charge in [-0.25, -0.2) is 4.98 Å². The van der Waals surface area contributed by atoms with E-state index in [2.05, 4.69) is 34.0 Å². The Hall–Kier alpha value is -1.35. The molecule has 0 amide bonds. The number of aryl methyl sites for hydroxylation is 1. The zero-order valence-corrected chi connectivity index (χ0v) is 9.61. The highest BCUT2D eigenvalue weighted by atomic mass is 15.0. The first-order valence-corrected chi connectivity index (χ1v) is 5.94. The van der Waals surface area contributed by atoms with E-state index in [0.717, 1.165) is 18.1 Å². The minimum atomic E-state index is 0.794. The molecule has 3 rings (SSSR count). The van der Waals surface area contributed by atoms with Gasteiger partial charge in [-0.15, -0.1) is 0 Å². The van der Waals surface area contributed by atoms with Gasteiger partial charge < -0.3 is 9.88 Å². The van der Waals surface area contributed by atoms with Crippen molar-refractivity contribution in [1.29, 1.82) is 0 Å². The van der Waals surface area contributed by atoms with Crippen molar-refractivity contribution in [2.24, 2.45) is 13.0 Å². The number of hydrogen-bond acceptors (Lipinski definition) is 2. The van der Waals surface area contributed by atoms with Crippen LogP contribution in [-0.4, -0.2) is 22.6 Å².